The van der Waals surface area contributed by atoms with Crippen molar-refractivity contribution >= 4 is 27.3 Å². The predicted molar refractivity (Wildman–Crippen MR) is 82.4 cm³/mol. The minimum absolute atomic E-state index is 0.443. The van der Waals surface area contributed by atoms with Gasteiger partial charge in [-0.25, -0.2) is 0 Å². The second kappa shape index (κ2) is 6.48. The van der Waals surface area contributed by atoms with E-state index in [0.717, 1.165) is 13.0 Å². The Morgan fingerprint density at radius 1 is 1.50 bits per heavy atom. The van der Waals surface area contributed by atoms with E-state index in [1.165, 1.54) is 22.4 Å². The number of rotatable bonds is 4. The van der Waals surface area contributed by atoms with Gasteiger partial charge in [-0.1, -0.05) is 0 Å². The number of hydrogen-bond donors (Lipinski definition) is 1. The van der Waals surface area contributed by atoms with Crippen molar-refractivity contribution in [3.8, 4) is 0 Å². The molecule has 1 saturated heterocycles. The Morgan fingerprint density at radius 2 is 2.28 bits per heavy atom. The quantitative estimate of drug-likeness (QED) is 0.914. The summed E-state index contributed by atoms with van der Waals surface area (Å²) in [5, 5.41) is 5.62. The number of hydrogen-bond acceptors (Lipinski definition) is 4. The first-order valence-electron chi connectivity index (χ1n) is 6.40. The van der Waals surface area contributed by atoms with Gasteiger partial charge < -0.3 is 15.1 Å². The maximum absolute atomic E-state index is 3.65. The summed E-state index contributed by atoms with van der Waals surface area (Å²) in [5.41, 5.74) is 0. The first-order chi connectivity index (χ1) is 8.61. The first kappa shape index (κ1) is 14.5. The van der Waals surface area contributed by atoms with Crippen molar-refractivity contribution in [2.24, 2.45) is 0 Å². The molecule has 0 radical (unpaired) electrons. The largest absolute Gasteiger partial charge is 0.312 e. The lowest BCUT2D eigenvalue weighted by atomic mass is 10.0. The normalized spacial score (nSPS) is 24.3. The van der Waals surface area contributed by atoms with Gasteiger partial charge in [0.15, 0.2) is 0 Å². The van der Waals surface area contributed by atoms with Crippen LogP contribution in [-0.4, -0.2) is 56.6 Å². The Kier molecular flexibility index (Phi) is 5.21. The van der Waals surface area contributed by atoms with Crippen LogP contribution in [0.2, 0.25) is 0 Å². The van der Waals surface area contributed by atoms with Gasteiger partial charge in [-0.2, -0.15) is 0 Å². The lowest BCUT2D eigenvalue weighted by Gasteiger charge is -2.39. The number of nitrogens with one attached hydrogen (secondary N) is 1. The van der Waals surface area contributed by atoms with Crippen LogP contribution in [0.3, 0.4) is 0 Å². The van der Waals surface area contributed by atoms with Gasteiger partial charge in [0.25, 0.3) is 0 Å². The van der Waals surface area contributed by atoms with Gasteiger partial charge in [-0.15, -0.1) is 11.3 Å². The summed E-state index contributed by atoms with van der Waals surface area (Å²) < 4.78 is 1.23. The van der Waals surface area contributed by atoms with Crippen molar-refractivity contribution in [3.05, 3.63) is 20.8 Å². The summed E-state index contributed by atoms with van der Waals surface area (Å²) in [6, 6.07) is 3.22. The molecule has 2 heterocycles. The molecule has 18 heavy (non-hydrogen) atoms. The third-order valence-corrected chi connectivity index (χ3v) is 5.78. The van der Waals surface area contributed by atoms with Crippen molar-refractivity contribution in [1.29, 1.82) is 0 Å². The monoisotopic (exact) mass is 331 g/mol. The third-order valence-electron chi connectivity index (χ3n) is 3.80. The maximum atomic E-state index is 3.65. The Bertz CT molecular complexity index is 382. The zero-order valence-corrected chi connectivity index (χ0v) is 13.7. The predicted octanol–water partition coefficient (Wildman–Crippen LogP) is 2.41. The summed E-state index contributed by atoms with van der Waals surface area (Å²) in [7, 11) is 6.52. The van der Waals surface area contributed by atoms with E-state index in [4.69, 9.17) is 0 Å². The molecule has 3 nitrogen and oxygen atoms in total. The van der Waals surface area contributed by atoms with Crippen LogP contribution in [0.1, 0.15) is 17.3 Å². The van der Waals surface area contributed by atoms with Gasteiger partial charge >= 0.3 is 0 Å². The molecular formula is C13H22BrN3S. The van der Waals surface area contributed by atoms with Crippen LogP contribution in [0.5, 0.6) is 0 Å². The zero-order chi connectivity index (χ0) is 13.1. The van der Waals surface area contributed by atoms with E-state index in [9.17, 15) is 0 Å². The van der Waals surface area contributed by atoms with E-state index in [1.54, 1.807) is 0 Å². The van der Waals surface area contributed by atoms with Crippen molar-refractivity contribution in [2.75, 3.05) is 40.8 Å². The number of likely N-dealkylation sites (N-methyl/N-ethyl adjacent to an activating group) is 2. The molecule has 0 amide bonds. The van der Waals surface area contributed by atoms with Gasteiger partial charge in [0.05, 0.1) is 0 Å². The molecule has 0 aliphatic carbocycles. The van der Waals surface area contributed by atoms with E-state index in [-0.39, 0.29) is 0 Å². The van der Waals surface area contributed by atoms with Crippen LogP contribution in [0.15, 0.2) is 15.9 Å². The lowest BCUT2D eigenvalue weighted by Crippen LogP contribution is -2.50. The minimum Gasteiger partial charge on any atom is -0.312 e. The third kappa shape index (κ3) is 3.33. The molecule has 1 fully saturated rings. The number of halogens is 1. The SMILES string of the molecule is CNC(CC1CN(C)CCN1C)c1sccc1Br. The molecule has 2 unspecified atom stereocenters. The van der Waals surface area contributed by atoms with Gasteiger partial charge in [0.2, 0.25) is 0 Å². The highest BCUT2D eigenvalue weighted by atomic mass is 79.9. The number of nitrogens with zero attached hydrogens (tertiary/aromatic N) is 2. The molecular weight excluding hydrogens is 310 g/mol. The van der Waals surface area contributed by atoms with Crippen molar-refractivity contribution in [3.63, 3.8) is 0 Å². The molecule has 5 heteroatoms. The summed E-state index contributed by atoms with van der Waals surface area (Å²) in [6.07, 6.45) is 1.16. The second-order valence-electron chi connectivity index (χ2n) is 5.11. The van der Waals surface area contributed by atoms with E-state index in [2.05, 4.69) is 63.6 Å². The molecule has 2 rings (SSSR count). The van der Waals surface area contributed by atoms with Crippen molar-refractivity contribution in [1.82, 2.24) is 15.1 Å². The van der Waals surface area contributed by atoms with Gasteiger partial charge in [0, 0.05) is 41.1 Å². The Hall–Kier alpha value is 0.0600. The molecule has 2 atom stereocenters. The average Bonchev–Trinajstić information content (AvgIpc) is 2.77. The molecule has 1 aromatic heterocycles. The Labute approximate surface area is 122 Å². The van der Waals surface area contributed by atoms with Crippen LogP contribution >= 0.6 is 27.3 Å². The number of thiophene rings is 1. The van der Waals surface area contributed by atoms with Crippen LogP contribution in [0, 0.1) is 0 Å². The smallest absolute Gasteiger partial charge is 0.0439 e. The summed E-state index contributed by atoms with van der Waals surface area (Å²) in [4.78, 5) is 6.34. The van der Waals surface area contributed by atoms with Crippen LogP contribution in [0.25, 0.3) is 0 Å². The molecule has 1 aliphatic rings. The zero-order valence-electron chi connectivity index (χ0n) is 11.3. The molecule has 0 bridgehead atoms. The second-order valence-corrected chi connectivity index (χ2v) is 6.91. The first-order valence-corrected chi connectivity index (χ1v) is 8.08. The fraction of sp³-hybridized carbons (Fsp3) is 0.692. The molecule has 0 saturated carbocycles. The van der Waals surface area contributed by atoms with Crippen molar-refractivity contribution in [2.45, 2.75) is 18.5 Å². The van der Waals surface area contributed by atoms with Crippen molar-refractivity contribution < 1.29 is 0 Å². The van der Waals surface area contributed by atoms with E-state index in [1.807, 2.05) is 11.3 Å². The Morgan fingerprint density at radius 3 is 2.89 bits per heavy atom. The van der Waals surface area contributed by atoms with Crippen LogP contribution in [-0.2, 0) is 0 Å². The summed E-state index contributed by atoms with van der Waals surface area (Å²) in [5.74, 6) is 0. The highest BCUT2D eigenvalue weighted by Gasteiger charge is 2.26. The van der Waals surface area contributed by atoms with Crippen LogP contribution < -0.4 is 5.32 Å². The van der Waals surface area contributed by atoms with Gasteiger partial charge in [-0.05, 0) is 54.9 Å². The molecule has 102 valence electrons. The highest BCUT2D eigenvalue weighted by Crippen LogP contribution is 2.32. The van der Waals surface area contributed by atoms with E-state index in [0.29, 0.717) is 12.1 Å². The molecule has 0 aromatic carbocycles. The lowest BCUT2D eigenvalue weighted by molar-refractivity contribution is 0.102. The average molecular weight is 332 g/mol. The molecule has 1 aliphatic heterocycles. The minimum atomic E-state index is 0.443. The van der Waals surface area contributed by atoms with Crippen LogP contribution in [0.4, 0.5) is 0 Å². The Balaban J connectivity index is 2.04. The fourth-order valence-electron chi connectivity index (χ4n) is 2.54. The molecule has 1 N–H and O–H groups in total. The number of piperazine rings is 1. The summed E-state index contributed by atoms with van der Waals surface area (Å²) >= 11 is 5.48. The standard InChI is InChI=1S/C13H22BrN3S/c1-15-12(13-11(14)4-7-18-13)8-10-9-16(2)5-6-17(10)3/h4,7,10,12,15H,5-6,8-9H2,1-3H3. The molecule has 0 spiro atoms. The topological polar surface area (TPSA) is 18.5 Å². The fourth-order valence-corrected chi connectivity index (χ4v) is 4.31. The van der Waals surface area contributed by atoms with Gasteiger partial charge in [-0.3, -0.25) is 0 Å². The van der Waals surface area contributed by atoms with Gasteiger partial charge in [0.1, 0.15) is 0 Å². The highest BCUT2D eigenvalue weighted by molar-refractivity contribution is 9.10. The molecule has 1 aromatic rings. The van der Waals surface area contributed by atoms with E-state index >= 15 is 0 Å². The van der Waals surface area contributed by atoms with E-state index < -0.39 is 0 Å². The maximum Gasteiger partial charge on any atom is 0.0439 e. The summed E-state index contributed by atoms with van der Waals surface area (Å²) in [6.45, 7) is 3.51.